The van der Waals surface area contributed by atoms with E-state index in [1.165, 1.54) is 0 Å². The number of alkyl halides is 5. The van der Waals surface area contributed by atoms with Gasteiger partial charge >= 0.3 is 18.1 Å². The van der Waals surface area contributed by atoms with Crippen LogP contribution in [0, 0.1) is 0 Å². The Balaban J connectivity index is 3.97. The van der Waals surface area contributed by atoms with Crippen molar-refractivity contribution >= 4 is 5.97 Å². The van der Waals surface area contributed by atoms with Crippen molar-refractivity contribution in [2.75, 3.05) is 0 Å². The minimum Gasteiger partial charge on any atom is -0.481 e. The van der Waals surface area contributed by atoms with Crippen molar-refractivity contribution in [2.24, 2.45) is 0 Å². The zero-order valence-corrected chi connectivity index (χ0v) is 6.37. The summed E-state index contributed by atoms with van der Waals surface area (Å²) < 4.78 is 58.5. The molecule has 7 heteroatoms. The molecule has 0 bridgehead atoms. The molecule has 0 aliphatic heterocycles. The van der Waals surface area contributed by atoms with Gasteiger partial charge in [-0.2, -0.15) is 22.0 Å². The summed E-state index contributed by atoms with van der Waals surface area (Å²) in [6.07, 6.45) is -8.46. The second-order valence-electron chi connectivity index (χ2n) is 2.45. The fraction of sp³-hybridized carbons (Fsp3) is 0.833. The first-order valence-corrected chi connectivity index (χ1v) is 3.33. The molecule has 0 aromatic rings. The first-order valence-electron chi connectivity index (χ1n) is 3.33. The van der Waals surface area contributed by atoms with Gasteiger partial charge < -0.3 is 5.11 Å². The van der Waals surface area contributed by atoms with Crippen LogP contribution < -0.4 is 0 Å². The van der Waals surface area contributed by atoms with E-state index in [2.05, 4.69) is 0 Å². The molecule has 13 heavy (non-hydrogen) atoms. The molecule has 0 unspecified atom stereocenters. The van der Waals surface area contributed by atoms with E-state index < -0.39 is 37.3 Å². The van der Waals surface area contributed by atoms with Crippen LogP contribution in [-0.2, 0) is 4.79 Å². The van der Waals surface area contributed by atoms with Crippen LogP contribution in [0.5, 0.6) is 0 Å². The molecule has 0 saturated heterocycles. The molecule has 0 rings (SSSR count). The monoisotopic (exact) mass is 206 g/mol. The van der Waals surface area contributed by atoms with Gasteiger partial charge in [-0.25, -0.2) is 0 Å². The summed E-state index contributed by atoms with van der Waals surface area (Å²) in [5.41, 5.74) is 0. The Hall–Kier alpha value is -0.880. The Morgan fingerprint density at radius 1 is 1.15 bits per heavy atom. The smallest absolute Gasteiger partial charge is 0.453 e. The highest BCUT2D eigenvalue weighted by atomic mass is 19.4. The normalized spacial score (nSPS) is 13.0. The maximum absolute atomic E-state index is 12.1. The molecule has 0 aromatic carbocycles. The Kier molecular flexibility index (Phi) is 3.62. The third-order valence-corrected chi connectivity index (χ3v) is 1.30. The number of carbonyl (C=O) groups is 1. The number of carboxylic acid groups (broad SMARTS) is 1. The minimum absolute atomic E-state index is 0.689. The third kappa shape index (κ3) is 4.05. The molecule has 0 saturated carbocycles. The van der Waals surface area contributed by atoms with Crippen molar-refractivity contribution < 1.29 is 31.9 Å². The van der Waals surface area contributed by atoms with Crippen molar-refractivity contribution in [1.29, 1.82) is 0 Å². The summed E-state index contributed by atoms with van der Waals surface area (Å²) in [4.78, 5) is 9.81. The quantitative estimate of drug-likeness (QED) is 0.717. The van der Waals surface area contributed by atoms with E-state index in [0.29, 0.717) is 0 Å². The van der Waals surface area contributed by atoms with E-state index in [1.54, 1.807) is 0 Å². The molecule has 0 spiro atoms. The van der Waals surface area contributed by atoms with Gasteiger partial charge in [0.05, 0.1) is 0 Å². The maximum Gasteiger partial charge on any atom is 0.453 e. The maximum atomic E-state index is 12.1. The molecule has 0 amide bonds. The van der Waals surface area contributed by atoms with Gasteiger partial charge in [-0.15, -0.1) is 0 Å². The van der Waals surface area contributed by atoms with Crippen molar-refractivity contribution in [1.82, 2.24) is 0 Å². The molecule has 0 heterocycles. The average molecular weight is 206 g/mol. The van der Waals surface area contributed by atoms with Crippen molar-refractivity contribution in [2.45, 2.75) is 31.4 Å². The first-order chi connectivity index (χ1) is 5.67. The van der Waals surface area contributed by atoms with Gasteiger partial charge in [0.1, 0.15) is 0 Å². The number of aliphatic carboxylic acids is 1. The molecule has 0 aromatic heterocycles. The lowest BCUT2D eigenvalue weighted by molar-refractivity contribution is -0.284. The largest absolute Gasteiger partial charge is 0.481 e. The SMILES string of the molecule is O=C(O)CCCC(F)(F)C(F)(F)F. The summed E-state index contributed by atoms with van der Waals surface area (Å²) >= 11 is 0. The van der Waals surface area contributed by atoms with Crippen LogP contribution in [-0.4, -0.2) is 23.2 Å². The number of hydrogen-bond acceptors (Lipinski definition) is 1. The Morgan fingerprint density at radius 2 is 1.62 bits per heavy atom. The second kappa shape index (κ2) is 3.89. The number of carboxylic acids is 1. The zero-order chi connectivity index (χ0) is 10.7. The van der Waals surface area contributed by atoms with Gasteiger partial charge in [0.15, 0.2) is 0 Å². The highest BCUT2D eigenvalue weighted by molar-refractivity contribution is 5.66. The van der Waals surface area contributed by atoms with Gasteiger partial charge in [0.2, 0.25) is 0 Å². The number of rotatable bonds is 4. The zero-order valence-electron chi connectivity index (χ0n) is 6.37. The topological polar surface area (TPSA) is 37.3 Å². The molecule has 78 valence electrons. The Labute approximate surface area is 70.3 Å². The predicted molar refractivity (Wildman–Crippen MR) is 32.5 cm³/mol. The van der Waals surface area contributed by atoms with E-state index in [-0.39, 0.29) is 0 Å². The van der Waals surface area contributed by atoms with Gasteiger partial charge in [-0.05, 0) is 6.42 Å². The van der Waals surface area contributed by atoms with Crippen LogP contribution in [0.2, 0.25) is 0 Å². The van der Waals surface area contributed by atoms with E-state index >= 15 is 0 Å². The van der Waals surface area contributed by atoms with E-state index in [0.717, 1.165) is 0 Å². The highest BCUT2D eigenvalue weighted by Gasteiger charge is 2.56. The van der Waals surface area contributed by atoms with Crippen LogP contribution in [0.1, 0.15) is 19.3 Å². The standard InChI is InChI=1S/C6H7F5O2/c7-5(8,6(9,10)11)3-1-2-4(12)13/h1-3H2,(H,12,13). The third-order valence-electron chi connectivity index (χ3n) is 1.30. The lowest BCUT2D eigenvalue weighted by Gasteiger charge is -2.18. The lowest BCUT2D eigenvalue weighted by atomic mass is 10.1. The molecule has 0 fully saturated rings. The van der Waals surface area contributed by atoms with Gasteiger partial charge in [-0.1, -0.05) is 0 Å². The van der Waals surface area contributed by atoms with Crippen LogP contribution in [0.15, 0.2) is 0 Å². The van der Waals surface area contributed by atoms with Gasteiger partial charge in [0.25, 0.3) is 0 Å². The van der Waals surface area contributed by atoms with Crippen molar-refractivity contribution in [3.05, 3.63) is 0 Å². The lowest BCUT2D eigenvalue weighted by Crippen LogP contribution is -2.36. The highest BCUT2D eigenvalue weighted by Crippen LogP contribution is 2.38. The molecule has 0 radical (unpaired) electrons. The van der Waals surface area contributed by atoms with Gasteiger partial charge in [-0.3, -0.25) is 4.79 Å². The summed E-state index contributed by atoms with van der Waals surface area (Å²) in [6, 6.07) is 0. The molecule has 2 nitrogen and oxygen atoms in total. The molecule has 1 N–H and O–H groups in total. The minimum atomic E-state index is -5.59. The fourth-order valence-corrected chi connectivity index (χ4v) is 0.603. The van der Waals surface area contributed by atoms with E-state index in [1.807, 2.05) is 0 Å². The Bertz CT molecular complexity index is 186. The molecular weight excluding hydrogens is 199 g/mol. The number of halogens is 5. The summed E-state index contributed by atoms with van der Waals surface area (Å²) in [7, 11) is 0. The fourth-order valence-electron chi connectivity index (χ4n) is 0.603. The molecule has 0 atom stereocenters. The Morgan fingerprint density at radius 3 is 1.92 bits per heavy atom. The molecule has 0 aliphatic rings. The second-order valence-corrected chi connectivity index (χ2v) is 2.45. The van der Waals surface area contributed by atoms with Gasteiger partial charge in [0, 0.05) is 12.8 Å². The molecule has 0 aliphatic carbocycles. The van der Waals surface area contributed by atoms with Crippen LogP contribution in [0.4, 0.5) is 22.0 Å². The number of hydrogen-bond donors (Lipinski definition) is 1. The summed E-state index contributed by atoms with van der Waals surface area (Å²) in [5, 5.41) is 7.99. The average Bonchev–Trinajstić information content (AvgIpc) is 1.82. The van der Waals surface area contributed by atoms with Crippen molar-refractivity contribution in [3.63, 3.8) is 0 Å². The van der Waals surface area contributed by atoms with E-state index in [9.17, 15) is 26.7 Å². The van der Waals surface area contributed by atoms with Crippen LogP contribution in [0.3, 0.4) is 0 Å². The predicted octanol–water partition coefficient (Wildman–Crippen LogP) is 2.44. The first kappa shape index (κ1) is 12.1. The van der Waals surface area contributed by atoms with Crippen molar-refractivity contribution in [3.8, 4) is 0 Å². The summed E-state index contributed by atoms with van der Waals surface area (Å²) in [6.45, 7) is 0. The van der Waals surface area contributed by atoms with Crippen LogP contribution >= 0.6 is 0 Å². The van der Waals surface area contributed by atoms with E-state index in [4.69, 9.17) is 5.11 Å². The molecular formula is C6H7F5O2. The summed E-state index contributed by atoms with van der Waals surface area (Å²) in [5.74, 6) is -6.18. The van der Waals surface area contributed by atoms with Crippen LogP contribution in [0.25, 0.3) is 0 Å².